The quantitative estimate of drug-likeness (QED) is 0.438. The van der Waals surface area contributed by atoms with Crippen LogP contribution in [0.15, 0.2) is 42.3 Å². The highest BCUT2D eigenvalue weighted by molar-refractivity contribution is 6.05. The van der Waals surface area contributed by atoms with E-state index in [0.29, 0.717) is 29.8 Å². The van der Waals surface area contributed by atoms with E-state index in [9.17, 15) is 9.59 Å². The smallest absolute Gasteiger partial charge is 0.245 e. The number of primary amides is 1. The van der Waals surface area contributed by atoms with Crippen LogP contribution in [-0.4, -0.2) is 59.4 Å². The van der Waals surface area contributed by atoms with E-state index in [1.165, 1.54) is 32.4 Å². The monoisotopic (exact) mass is 490 g/mol. The maximum atomic E-state index is 12.9. The Morgan fingerprint density at radius 3 is 2.72 bits per heavy atom. The average molecular weight is 491 g/mol. The molecule has 2 aromatic heterocycles. The van der Waals surface area contributed by atoms with E-state index in [1.807, 2.05) is 44.3 Å². The molecule has 3 heterocycles. The number of nitrogens with one attached hydrogen (secondary N) is 2. The number of nitrogens with two attached hydrogens (primary N) is 1. The van der Waals surface area contributed by atoms with Gasteiger partial charge in [0.25, 0.3) is 0 Å². The van der Waals surface area contributed by atoms with E-state index in [1.54, 1.807) is 6.20 Å². The van der Waals surface area contributed by atoms with Crippen molar-refractivity contribution in [3.8, 4) is 0 Å². The van der Waals surface area contributed by atoms with Crippen LogP contribution in [0.2, 0.25) is 0 Å². The molecule has 4 rings (SSSR count). The molecule has 1 aliphatic heterocycles. The summed E-state index contributed by atoms with van der Waals surface area (Å²) >= 11 is 0. The fourth-order valence-electron chi connectivity index (χ4n) is 5.23. The number of carbonyl (C=O) groups excluding carboxylic acids is 2. The topological polar surface area (TPSA) is 113 Å². The fourth-order valence-corrected chi connectivity index (χ4v) is 5.23. The van der Waals surface area contributed by atoms with E-state index in [2.05, 4.69) is 20.5 Å². The number of likely N-dealkylation sites (tertiary alicyclic amines) is 1. The van der Waals surface area contributed by atoms with Crippen LogP contribution in [0.5, 0.6) is 0 Å². The molecule has 8 heteroatoms. The number of allylic oxidation sites excluding steroid dienone is 2. The third-order valence-electron chi connectivity index (χ3n) is 7.41. The van der Waals surface area contributed by atoms with Crippen LogP contribution in [-0.2, 0) is 9.59 Å². The van der Waals surface area contributed by atoms with E-state index >= 15 is 0 Å². The summed E-state index contributed by atoms with van der Waals surface area (Å²) in [5, 5.41) is 7.42. The predicted octanol–water partition coefficient (Wildman–Crippen LogP) is 3.65. The molecule has 0 saturated carbocycles. The summed E-state index contributed by atoms with van der Waals surface area (Å²) < 4.78 is 0. The Kier molecular flexibility index (Phi) is 8.36. The van der Waals surface area contributed by atoms with Crippen molar-refractivity contribution in [1.82, 2.24) is 20.2 Å². The molecule has 1 aliphatic carbocycles. The van der Waals surface area contributed by atoms with Gasteiger partial charge in [-0.25, -0.2) is 4.98 Å². The van der Waals surface area contributed by atoms with Gasteiger partial charge >= 0.3 is 0 Å². The molecule has 2 amide bonds. The van der Waals surface area contributed by atoms with Crippen LogP contribution in [0.3, 0.4) is 0 Å². The average Bonchev–Trinajstić information content (AvgIpc) is 2.91. The Bertz CT molecular complexity index is 1170. The van der Waals surface area contributed by atoms with Crippen molar-refractivity contribution in [2.24, 2.45) is 11.1 Å². The van der Waals surface area contributed by atoms with Crippen molar-refractivity contribution < 1.29 is 9.59 Å². The van der Waals surface area contributed by atoms with Gasteiger partial charge in [-0.2, -0.15) is 0 Å². The zero-order valence-electron chi connectivity index (χ0n) is 21.5. The van der Waals surface area contributed by atoms with Crippen molar-refractivity contribution >= 4 is 34.0 Å². The van der Waals surface area contributed by atoms with Crippen LogP contribution >= 0.6 is 0 Å². The number of pyridine rings is 2. The minimum Gasteiger partial charge on any atom is -0.384 e. The van der Waals surface area contributed by atoms with E-state index in [0.717, 1.165) is 36.1 Å². The summed E-state index contributed by atoms with van der Waals surface area (Å²) in [7, 11) is 0. The molecule has 2 aliphatic rings. The van der Waals surface area contributed by atoms with Crippen molar-refractivity contribution in [1.29, 1.82) is 0 Å². The van der Waals surface area contributed by atoms with Gasteiger partial charge in [0, 0.05) is 47.7 Å². The number of carbonyl (C=O) groups is 2. The van der Waals surface area contributed by atoms with E-state index in [-0.39, 0.29) is 12.3 Å². The molecule has 4 N–H and O–H groups in total. The molecule has 8 nitrogen and oxygen atoms in total. The maximum absolute atomic E-state index is 12.9. The first-order chi connectivity index (χ1) is 17.5. The molecule has 0 bridgehead atoms. The lowest BCUT2D eigenvalue weighted by atomic mass is 9.73. The summed E-state index contributed by atoms with van der Waals surface area (Å²) in [5.41, 5.74) is 8.55. The molecule has 0 aromatic carbocycles. The van der Waals surface area contributed by atoms with Crippen LogP contribution in [0, 0.1) is 5.41 Å². The first-order valence-corrected chi connectivity index (χ1v) is 13.2. The lowest BCUT2D eigenvalue weighted by Gasteiger charge is -2.32. The zero-order chi connectivity index (χ0) is 25.5. The fraction of sp³-hybridized carbons (Fsp3) is 0.500. The van der Waals surface area contributed by atoms with Crippen LogP contribution < -0.4 is 16.4 Å². The van der Waals surface area contributed by atoms with Crippen molar-refractivity contribution in [3.05, 3.63) is 47.9 Å². The first kappa shape index (κ1) is 25.8. The molecule has 0 radical (unpaired) electrons. The number of aromatic nitrogens is 2. The standard InChI is InChI=1S/C28H38N6O2/c1-3-28(27(36)31-4-2)11-9-20(21(18-28)26(29)35)25-17-24(22-19-30-13-10-23(22)33-25)32-12-8-16-34-14-6-5-7-15-34/h9-11,13,17,19H,3-8,12,14-16,18H2,1-2H3,(H2,29,35)(H,31,36)(H,32,33). The third-order valence-corrected chi connectivity index (χ3v) is 7.41. The number of hydrogen-bond acceptors (Lipinski definition) is 6. The molecule has 1 fully saturated rings. The van der Waals surface area contributed by atoms with Gasteiger partial charge in [-0.1, -0.05) is 25.5 Å². The maximum Gasteiger partial charge on any atom is 0.245 e. The second-order valence-corrected chi connectivity index (χ2v) is 9.77. The number of nitrogens with zero attached hydrogens (tertiary/aromatic N) is 3. The van der Waals surface area contributed by atoms with Crippen molar-refractivity contribution in [2.75, 3.05) is 38.0 Å². The van der Waals surface area contributed by atoms with E-state index < -0.39 is 11.3 Å². The summed E-state index contributed by atoms with van der Waals surface area (Å²) in [4.78, 5) is 37.1. The summed E-state index contributed by atoms with van der Waals surface area (Å²) in [5.74, 6) is -0.612. The lowest BCUT2D eigenvalue weighted by Crippen LogP contribution is -2.41. The number of hydrogen-bond donors (Lipinski definition) is 3. The van der Waals surface area contributed by atoms with Crippen molar-refractivity contribution in [3.63, 3.8) is 0 Å². The van der Waals surface area contributed by atoms with Crippen LogP contribution in [0.1, 0.15) is 58.1 Å². The van der Waals surface area contributed by atoms with Gasteiger partial charge in [0.2, 0.25) is 11.8 Å². The Morgan fingerprint density at radius 1 is 1.19 bits per heavy atom. The molecular weight excluding hydrogens is 452 g/mol. The highest BCUT2D eigenvalue weighted by Gasteiger charge is 2.39. The molecule has 1 atom stereocenters. The van der Waals surface area contributed by atoms with Gasteiger partial charge in [-0.15, -0.1) is 0 Å². The van der Waals surface area contributed by atoms with Gasteiger partial charge in [0.1, 0.15) is 0 Å². The zero-order valence-corrected chi connectivity index (χ0v) is 21.5. The second-order valence-electron chi connectivity index (χ2n) is 9.77. The largest absolute Gasteiger partial charge is 0.384 e. The van der Waals surface area contributed by atoms with Gasteiger partial charge in [-0.3, -0.25) is 14.6 Å². The summed E-state index contributed by atoms with van der Waals surface area (Å²) in [6.45, 7) is 8.67. The SMILES string of the molecule is CCNC(=O)C1(CC)C=CC(c2cc(NCCCN3CCCCC3)c3cnccc3n2)=C(C(N)=O)C1. The normalized spacial score (nSPS) is 20.5. The number of fused-ring (bicyclic) bond motifs is 1. The second kappa shape index (κ2) is 11.6. The van der Waals surface area contributed by atoms with Crippen molar-refractivity contribution in [2.45, 2.75) is 52.4 Å². The number of amides is 2. The van der Waals surface area contributed by atoms with Gasteiger partial charge in [-0.05, 0) is 70.8 Å². The highest BCUT2D eigenvalue weighted by atomic mass is 16.2. The summed E-state index contributed by atoms with van der Waals surface area (Å²) in [6.07, 6.45) is 13.1. The Hall–Kier alpha value is -3.26. The number of piperidine rings is 1. The van der Waals surface area contributed by atoms with E-state index in [4.69, 9.17) is 10.7 Å². The minimum absolute atomic E-state index is 0.0878. The Labute approximate surface area is 213 Å². The van der Waals surface area contributed by atoms with Gasteiger partial charge < -0.3 is 21.3 Å². The number of anilines is 1. The Balaban J connectivity index is 1.62. The molecule has 1 saturated heterocycles. The highest BCUT2D eigenvalue weighted by Crippen LogP contribution is 2.41. The molecule has 0 spiro atoms. The lowest BCUT2D eigenvalue weighted by molar-refractivity contribution is -0.128. The van der Waals surface area contributed by atoms with Gasteiger partial charge in [0.15, 0.2) is 0 Å². The van der Waals surface area contributed by atoms with Crippen LogP contribution in [0.25, 0.3) is 16.5 Å². The predicted molar refractivity (Wildman–Crippen MR) is 144 cm³/mol. The number of rotatable bonds is 10. The summed E-state index contributed by atoms with van der Waals surface area (Å²) in [6, 6.07) is 3.85. The van der Waals surface area contributed by atoms with Gasteiger partial charge in [0.05, 0.1) is 16.6 Å². The first-order valence-electron chi connectivity index (χ1n) is 13.2. The minimum atomic E-state index is -0.791. The molecule has 192 valence electrons. The molecule has 1 unspecified atom stereocenters. The molecular formula is C28H38N6O2. The van der Waals surface area contributed by atoms with Crippen LogP contribution in [0.4, 0.5) is 5.69 Å². The third kappa shape index (κ3) is 5.59. The Morgan fingerprint density at radius 2 is 2.00 bits per heavy atom. The molecule has 36 heavy (non-hydrogen) atoms. The molecule has 2 aromatic rings.